The molecule has 1 aliphatic heterocycles. The van der Waals surface area contributed by atoms with E-state index in [1.807, 2.05) is 0 Å². The van der Waals surface area contributed by atoms with Crippen LogP contribution in [0.4, 0.5) is 0 Å². The van der Waals surface area contributed by atoms with E-state index in [-0.39, 0.29) is 0 Å². The van der Waals surface area contributed by atoms with E-state index in [4.69, 9.17) is 0 Å². The van der Waals surface area contributed by atoms with Crippen LogP contribution in [0.5, 0.6) is 0 Å². The van der Waals surface area contributed by atoms with Crippen molar-refractivity contribution < 1.29 is 5.11 Å². The lowest BCUT2D eigenvalue weighted by Gasteiger charge is -2.27. The molecular formula is C16H30N2O. The van der Waals surface area contributed by atoms with Crippen LogP contribution in [-0.4, -0.2) is 47.8 Å². The zero-order valence-electron chi connectivity index (χ0n) is 12.2. The lowest BCUT2D eigenvalue weighted by Crippen LogP contribution is -2.42. The molecule has 0 aromatic rings. The van der Waals surface area contributed by atoms with E-state index in [1.54, 1.807) is 0 Å². The van der Waals surface area contributed by atoms with Crippen molar-refractivity contribution in [1.29, 1.82) is 0 Å². The normalized spacial score (nSPS) is 32.4. The van der Waals surface area contributed by atoms with Crippen LogP contribution in [0, 0.1) is 5.92 Å². The third kappa shape index (κ3) is 3.93. The molecule has 3 aliphatic rings. The summed E-state index contributed by atoms with van der Waals surface area (Å²) in [5, 5.41) is 14.2. The summed E-state index contributed by atoms with van der Waals surface area (Å²) >= 11 is 0. The minimum absolute atomic E-state index is 0.411. The Kier molecular flexibility index (Phi) is 4.45. The van der Waals surface area contributed by atoms with Gasteiger partial charge in [-0.1, -0.05) is 25.7 Å². The molecule has 0 aromatic heterocycles. The molecule has 3 nitrogen and oxygen atoms in total. The molecule has 1 atom stereocenters. The van der Waals surface area contributed by atoms with E-state index >= 15 is 0 Å². The summed E-state index contributed by atoms with van der Waals surface area (Å²) in [6.07, 6.45) is 11.2. The van der Waals surface area contributed by atoms with Crippen molar-refractivity contribution in [3.63, 3.8) is 0 Å². The Balaban J connectivity index is 1.35. The van der Waals surface area contributed by atoms with Gasteiger partial charge >= 0.3 is 0 Å². The fourth-order valence-electron chi connectivity index (χ4n) is 3.87. The molecule has 1 saturated heterocycles. The highest BCUT2D eigenvalue weighted by atomic mass is 16.3. The van der Waals surface area contributed by atoms with Crippen molar-refractivity contribution in [2.24, 2.45) is 5.92 Å². The summed E-state index contributed by atoms with van der Waals surface area (Å²) in [6, 6.07) is 0.927. The Bertz CT molecular complexity index is 282. The summed E-state index contributed by atoms with van der Waals surface area (Å²) in [4.78, 5) is 2.67. The maximum Gasteiger partial charge on any atom is 0.0771 e. The third-order valence-electron chi connectivity index (χ3n) is 5.30. The number of nitrogens with one attached hydrogen (secondary N) is 1. The van der Waals surface area contributed by atoms with E-state index in [9.17, 15) is 5.11 Å². The third-order valence-corrected chi connectivity index (χ3v) is 5.30. The quantitative estimate of drug-likeness (QED) is 0.749. The van der Waals surface area contributed by atoms with Crippen LogP contribution in [0.25, 0.3) is 0 Å². The number of hydrogen-bond donors (Lipinski definition) is 2. The van der Waals surface area contributed by atoms with Gasteiger partial charge in [0.25, 0.3) is 0 Å². The standard InChI is InChI=1S/C16H30N2O/c19-16(8-3-1-2-4-9-16)13-17-11-14-7-10-18(12-14)15-5-6-15/h14-15,17,19H,1-13H2. The molecule has 3 fully saturated rings. The van der Waals surface area contributed by atoms with Gasteiger partial charge in [-0.15, -0.1) is 0 Å². The minimum Gasteiger partial charge on any atom is -0.389 e. The van der Waals surface area contributed by atoms with Crippen molar-refractivity contribution >= 4 is 0 Å². The van der Waals surface area contributed by atoms with E-state index in [1.165, 1.54) is 58.0 Å². The summed E-state index contributed by atoms with van der Waals surface area (Å²) in [5.74, 6) is 0.815. The van der Waals surface area contributed by atoms with Gasteiger partial charge in [0.2, 0.25) is 0 Å². The SMILES string of the molecule is OC1(CNCC2CCN(C3CC3)C2)CCCCCC1. The van der Waals surface area contributed by atoms with Gasteiger partial charge in [-0.2, -0.15) is 0 Å². The molecule has 1 heterocycles. The molecule has 1 unspecified atom stereocenters. The maximum absolute atomic E-state index is 10.6. The topological polar surface area (TPSA) is 35.5 Å². The first-order valence-electron chi connectivity index (χ1n) is 8.42. The molecule has 0 amide bonds. The van der Waals surface area contributed by atoms with Crippen molar-refractivity contribution in [3.05, 3.63) is 0 Å². The van der Waals surface area contributed by atoms with Gasteiger partial charge in [0, 0.05) is 19.1 Å². The van der Waals surface area contributed by atoms with Gasteiger partial charge in [-0.25, -0.2) is 0 Å². The molecule has 0 spiro atoms. The molecule has 0 bridgehead atoms. The van der Waals surface area contributed by atoms with Crippen LogP contribution in [0.1, 0.15) is 57.8 Å². The second-order valence-electron chi connectivity index (χ2n) is 7.15. The monoisotopic (exact) mass is 266 g/mol. The molecule has 19 heavy (non-hydrogen) atoms. The van der Waals surface area contributed by atoms with E-state index in [2.05, 4.69) is 10.2 Å². The fourth-order valence-corrected chi connectivity index (χ4v) is 3.87. The average Bonchev–Trinajstić information content (AvgIpc) is 3.17. The van der Waals surface area contributed by atoms with Gasteiger partial charge in [-0.3, -0.25) is 0 Å². The van der Waals surface area contributed by atoms with Crippen LogP contribution in [-0.2, 0) is 0 Å². The molecule has 0 radical (unpaired) electrons. The minimum atomic E-state index is -0.411. The molecular weight excluding hydrogens is 236 g/mol. The second-order valence-corrected chi connectivity index (χ2v) is 7.15. The molecule has 0 aromatic carbocycles. The number of rotatable bonds is 5. The molecule has 110 valence electrons. The lowest BCUT2D eigenvalue weighted by atomic mass is 9.94. The zero-order valence-corrected chi connectivity index (χ0v) is 12.2. The van der Waals surface area contributed by atoms with Crippen LogP contribution >= 0.6 is 0 Å². The predicted octanol–water partition coefficient (Wildman–Crippen LogP) is 2.15. The lowest BCUT2D eigenvalue weighted by molar-refractivity contribution is 0.0246. The molecule has 3 heteroatoms. The first kappa shape index (κ1) is 13.8. The Labute approximate surface area is 117 Å². The average molecular weight is 266 g/mol. The summed E-state index contributed by atoms with van der Waals surface area (Å²) in [6.45, 7) is 4.51. The highest BCUT2D eigenvalue weighted by Gasteiger charge is 2.34. The van der Waals surface area contributed by atoms with E-state index in [0.29, 0.717) is 0 Å². The Morgan fingerprint density at radius 2 is 1.79 bits per heavy atom. The van der Waals surface area contributed by atoms with Gasteiger partial charge in [0.15, 0.2) is 0 Å². The van der Waals surface area contributed by atoms with Crippen molar-refractivity contribution in [2.45, 2.75) is 69.4 Å². The zero-order chi connectivity index (χ0) is 13.1. The van der Waals surface area contributed by atoms with E-state index < -0.39 is 5.60 Å². The maximum atomic E-state index is 10.6. The number of hydrogen-bond acceptors (Lipinski definition) is 3. The largest absolute Gasteiger partial charge is 0.389 e. The fraction of sp³-hybridized carbons (Fsp3) is 1.00. The van der Waals surface area contributed by atoms with Crippen LogP contribution in [0.2, 0.25) is 0 Å². The second kappa shape index (κ2) is 6.11. The molecule has 3 rings (SSSR count). The van der Waals surface area contributed by atoms with Gasteiger partial charge in [0.05, 0.1) is 5.60 Å². The van der Waals surface area contributed by atoms with Crippen LogP contribution < -0.4 is 5.32 Å². The Hall–Kier alpha value is -0.120. The molecule has 2 N–H and O–H groups in total. The van der Waals surface area contributed by atoms with Crippen molar-refractivity contribution in [2.75, 3.05) is 26.2 Å². The Morgan fingerprint density at radius 3 is 2.47 bits per heavy atom. The van der Waals surface area contributed by atoms with Crippen molar-refractivity contribution in [3.8, 4) is 0 Å². The van der Waals surface area contributed by atoms with Crippen LogP contribution in [0.15, 0.2) is 0 Å². The number of aliphatic hydroxyl groups is 1. The highest BCUT2D eigenvalue weighted by molar-refractivity contribution is 4.90. The van der Waals surface area contributed by atoms with Gasteiger partial charge in [-0.05, 0) is 51.1 Å². The molecule has 2 saturated carbocycles. The predicted molar refractivity (Wildman–Crippen MR) is 78.2 cm³/mol. The number of nitrogens with zero attached hydrogens (tertiary/aromatic N) is 1. The van der Waals surface area contributed by atoms with Gasteiger partial charge < -0.3 is 15.3 Å². The smallest absolute Gasteiger partial charge is 0.0771 e. The summed E-state index contributed by atoms with van der Waals surface area (Å²) < 4.78 is 0. The molecule has 2 aliphatic carbocycles. The summed E-state index contributed by atoms with van der Waals surface area (Å²) in [7, 11) is 0. The first-order valence-corrected chi connectivity index (χ1v) is 8.42. The summed E-state index contributed by atoms with van der Waals surface area (Å²) in [5.41, 5.74) is -0.411. The first-order chi connectivity index (χ1) is 9.25. The number of likely N-dealkylation sites (tertiary alicyclic amines) is 1. The van der Waals surface area contributed by atoms with Crippen molar-refractivity contribution in [1.82, 2.24) is 10.2 Å². The van der Waals surface area contributed by atoms with E-state index in [0.717, 1.165) is 37.9 Å². The van der Waals surface area contributed by atoms with Gasteiger partial charge in [0.1, 0.15) is 0 Å². The Morgan fingerprint density at radius 1 is 1.05 bits per heavy atom. The van der Waals surface area contributed by atoms with Crippen LogP contribution in [0.3, 0.4) is 0 Å². The highest BCUT2D eigenvalue weighted by Crippen LogP contribution is 2.31.